The van der Waals surface area contributed by atoms with Crippen molar-refractivity contribution in [2.24, 2.45) is 0 Å². The van der Waals surface area contributed by atoms with Gasteiger partial charge in [0.2, 0.25) is 0 Å². The first-order chi connectivity index (χ1) is 7.24. The van der Waals surface area contributed by atoms with E-state index in [1.165, 1.54) is 16.0 Å². The molecule has 0 fully saturated rings. The topological polar surface area (TPSA) is 25.2 Å². The van der Waals surface area contributed by atoms with Crippen molar-refractivity contribution in [3.05, 3.63) is 45.5 Å². The molecule has 0 aliphatic heterocycles. The lowest BCUT2D eigenvalue weighted by Gasteiger charge is -2.15. The number of hydrogen-bond acceptors (Lipinski definition) is 3. The highest BCUT2D eigenvalue weighted by atomic mass is 32.1. The molecular weight excluding hydrogens is 206 g/mol. The van der Waals surface area contributed by atoms with Crippen LogP contribution in [0.5, 0.6) is 0 Å². The Bertz CT molecular complexity index is 404. The van der Waals surface area contributed by atoms with Crippen LogP contribution in [-0.4, -0.2) is 7.05 Å². The summed E-state index contributed by atoms with van der Waals surface area (Å²) in [5, 5.41) is 5.47. The second-order valence-electron chi connectivity index (χ2n) is 3.62. The molecule has 15 heavy (non-hydrogen) atoms. The Morgan fingerprint density at radius 1 is 1.33 bits per heavy atom. The summed E-state index contributed by atoms with van der Waals surface area (Å²) >= 11 is 1.78. The largest absolute Gasteiger partial charge is 0.469 e. The maximum atomic E-state index is 5.35. The van der Waals surface area contributed by atoms with Crippen LogP contribution in [0.25, 0.3) is 0 Å². The van der Waals surface area contributed by atoms with Crippen LogP contribution in [0.2, 0.25) is 0 Å². The van der Waals surface area contributed by atoms with Gasteiger partial charge in [-0.2, -0.15) is 0 Å². The summed E-state index contributed by atoms with van der Waals surface area (Å²) in [6.45, 7) is 4.15. The van der Waals surface area contributed by atoms with Crippen LogP contribution >= 0.6 is 11.3 Å². The molecule has 80 valence electrons. The molecule has 0 aromatic carbocycles. The fraction of sp³-hybridized carbons (Fsp3) is 0.333. The molecule has 0 aliphatic carbocycles. The van der Waals surface area contributed by atoms with Gasteiger partial charge >= 0.3 is 0 Å². The average Bonchev–Trinajstić information content (AvgIpc) is 2.80. The maximum Gasteiger partial charge on any atom is 0.105 e. The molecule has 1 unspecified atom stereocenters. The molecule has 2 rings (SSSR count). The van der Waals surface area contributed by atoms with Gasteiger partial charge in [0.05, 0.1) is 12.3 Å². The van der Waals surface area contributed by atoms with Crippen molar-refractivity contribution in [3.8, 4) is 0 Å². The zero-order valence-corrected chi connectivity index (χ0v) is 10.0. The SMILES string of the molecule is CNC(c1ccoc1C)c1sccc1C. The van der Waals surface area contributed by atoms with Gasteiger partial charge in [0.15, 0.2) is 0 Å². The lowest BCUT2D eigenvalue weighted by molar-refractivity contribution is 0.523. The Kier molecular flexibility index (Phi) is 2.93. The second-order valence-corrected chi connectivity index (χ2v) is 4.57. The van der Waals surface area contributed by atoms with Crippen molar-refractivity contribution in [2.45, 2.75) is 19.9 Å². The van der Waals surface area contributed by atoms with Crippen LogP contribution in [-0.2, 0) is 0 Å². The third-order valence-corrected chi connectivity index (χ3v) is 3.75. The quantitative estimate of drug-likeness (QED) is 0.860. The summed E-state index contributed by atoms with van der Waals surface area (Å²) in [5.74, 6) is 0.988. The minimum Gasteiger partial charge on any atom is -0.469 e. The number of aryl methyl sites for hydroxylation is 2. The molecule has 1 atom stereocenters. The molecule has 3 heteroatoms. The standard InChI is InChI=1S/C12H15NOS/c1-8-5-7-15-12(8)11(13-3)10-4-6-14-9(10)2/h4-7,11,13H,1-3H3. The van der Waals surface area contributed by atoms with Gasteiger partial charge in [-0.05, 0) is 44.0 Å². The first-order valence-corrected chi connectivity index (χ1v) is 5.87. The van der Waals surface area contributed by atoms with Crippen molar-refractivity contribution in [1.29, 1.82) is 0 Å². The van der Waals surface area contributed by atoms with Crippen LogP contribution in [0.1, 0.15) is 27.8 Å². The molecule has 0 spiro atoms. The van der Waals surface area contributed by atoms with Crippen molar-refractivity contribution < 1.29 is 4.42 Å². The van der Waals surface area contributed by atoms with Crippen molar-refractivity contribution >= 4 is 11.3 Å². The lowest BCUT2D eigenvalue weighted by atomic mass is 10.0. The summed E-state index contributed by atoms with van der Waals surface area (Å²) in [6.07, 6.45) is 1.75. The molecule has 0 bridgehead atoms. The normalized spacial score (nSPS) is 13.0. The predicted octanol–water partition coefficient (Wildman–Crippen LogP) is 3.27. The van der Waals surface area contributed by atoms with E-state index in [4.69, 9.17) is 4.42 Å². The zero-order valence-electron chi connectivity index (χ0n) is 9.20. The van der Waals surface area contributed by atoms with E-state index in [0.717, 1.165) is 5.76 Å². The molecule has 2 aromatic heterocycles. The average molecular weight is 221 g/mol. The number of rotatable bonds is 3. The molecular formula is C12H15NOS. The van der Waals surface area contributed by atoms with E-state index in [1.807, 2.05) is 20.0 Å². The van der Waals surface area contributed by atoms with E-state index in [1.54, 1.807) is 17.6 Å². The summed E-state index contributed by atoms with van der Waals surface area (Å²) in [5.41, 5.74) is 2.56. The van der Waals surface area contributed by atoms with Gasteiger partial charge < -0.3 is 9.73 Å². The summed E-state index contributed by atoms with van der Waals surface area (Å²) < 4.78 is 5.35. The fourth-order valence-electron chi connectivity index (χ4n) is 1.80. The second kappa shape index (κ2) is 4.21. The molecule has 2 aromatic rings. The van der Waals surface area contributed by atoms with Crippen molar-refractivity contribution in [1.82, 2.24) is 5.32 Å². The predicted molar refractivity (Wildman–Crippen MR) is 63.4 cm³/mol. The third-order valence-electron chi connectivity index (χ3n) is 2.66. The van der Waals surface area contributed by atoms with E-state index < -0.39 is 0 Å². The minimum atomic E-state index is 0.253. The van der Waals surface area contributed by atoms with Crippen LogP contribution < -0.4 is 5.32 Å². The number of nitrogens with one attached hydrogen (secondary N) is 1. The minimum absolute atomic E-state index is 0.253. The molecule has 0 saturated carbocycles. The molecule has 0 aliphatic rings. The van der Waals surface area contributed by atoms with E-state index in [-0.39, 0.29) is 6.04 Å². The van der Waals surface area contributed by atoms with Crippen molar-refractivity contribution in [3.63, 3.8) is 0 Å². The van der Waals surface area contributed by atoms with Gasteiger partial charge in [-0.15, -0.1) is 11.3 Å². The van der Waals surface area contributed by atoms with E-state index in [9.17, 15) is 0 Å². The van der Waals surface area contributed by atoms with Gasteiger partial charge in [-0.25, -0.2) is 0 Å². The highest BCUT2D eigenvalue weighted by molar-refractivity contribution is 7.10. The number of hydrogen-bond donors (Lipinski definition) is 1. The fourth-order valence-corrected chi connectivity index (χ4v) is 2.86. The van der Waals surface area contributed by atoms with Gasteiger partial charge in [0.25, 0.3) is 0 Å². The number of furan rings is 1. The Balaban J connectivity index is 2.41. The summed E-state index contributed by atoms with van der Waals surface area (Å²) in [6, 6.07) is 4.44. The van der Waals surface area contributed by atoms with Crippen LogP contribution in [0, 0.1) is 13.8 Å². The third kappa shape index (κ3) is 1.85. The molecule has 0 radical (unpaired) electrons. The Hall–Kier alpha value is -1.06. The summed E-state index contributed by atoms with van der Waals surface area (Å²) in [7, 11) is 1.98. The smallest absolute Gasteiger partial charge is 0.105 e. The van der Waals surface area contributed by atoms with E-state index >= 15 is 0 Å². The summed E-state index contributed by atoms with van der Waals surface area (Å²) in [4.78, 5) is 1.36. The zero-order chi connectivity index (χ0) is 10.8. The van der Waals surface area contributed by atoms with Gasteiger partial charge in [-0.3, -0.25) is 0 Å². The Labute approximate surface area is 93.9 Å². The maximum absolute atomic E-state index is 5.35. The van der Waals surface area contributed by atoms with Crippen LogP contribution in [0.3, 0.4) is 0 Å². The molecule has 0 saturated heterocycles. The van der Waals surface area contributed by atoms with Crippen LogP contribution in [0.4, 0.5) is 0 Å². The van der Waals surface area contributed by atoms with E-state index in [0.29, 0.717) is 0 Å². The first kappa shape index (κ1) is 10.5. The molecule has 1 N–H and O–H groups in total. The Morgan fingerprint density at radius 3 is 2.60 bits per heavy atom. The molecule has 2 nitrogen and oxygen atoms in total. The highest BCUT2D eigenvalue weighted by Crippen LogP contribution is 2.31. The van der Waals surface area contributed by atoms with Gasteiger partial charge in [-0.1, -0.05) is 0 Å². The van der Waals surface area contributed by atoms with Gasteiger partial charge in [0.1, 0.15) is 5.76 Å². The number of thiophene rings is 1. The van der Waals surface area contributed by atoms with Crippen molar-refractivity contribution in [2.75, 3.05) is 7.05 Å². The first-order valence-electron chi connectivity index (χ1n) is 4.99. The monoisotopic (exact) mass is 221 g/mol. The van der Waals surface area contributed by atoms with Crippen LogP contribution in [0.15, 0.2) is 28.2 Å². The molecule has 0 amide bonds. The Morgan fingerprint density at radius 2 is 2.13 bits per heavy atom. The lowest BCUT2D eigenvalue weighted by Crippen LogP contribution is -2.17. The van der Waals surface area contributed by atoms with E-state index in [2.05, 4.69) is 23.7 Å². The highest BCUT2D eigenvalue weighted by Gasteiger charge is 2.18. The molecule has 2 heterocycles. The van der Waals surface area contributed by atoms with Gasteiger partial charge in [0, 0.05) is 10.4 Å².